The number of rotatable bonds is 5. The van der Waals surface area contributed by atoms with Crippen molar-refractivity contribution in [2.75, 3.05) is 6.61 Å². The monoisotopic (exact) mass is 342 g/mol. The van der Waals surface area contributed by atoms with E-state index < -0.39 is 17.9 Å². The third-order valence-electron chi connectivity index (χ3n) is 3.48. The molecule has 0 spiro atoms. The summed E-state index contributed by atoms with van der Waals surface area (Å²) in [6.45, 7) is 1.21. The van der Waals surface area contributed by atoms with E-state index in [1.165, 1.54) is 24.3 Å². The molecule has 6 nitrogen and oxygen atoms in total. The van der Waals surface area contributed by atoms with Crippen molar-refractivity contribution in [3.8, 4) is 5.75 Å². The van der Waals surface area contributed by atoms with Gasteiger partial charge in [0.15, 0.2) is 18.5 Å². The number of esters is 1. The fourth-order valence-corrected chi connectivity index (χ4v) is 2.28. The van der Waals surface area contributed by atoms with Gasteiger partial charge in [-0.3, -0.25) is 4.79 Å². The number of fused-ring (bicyclic) bond motifs is 1. The smallest absolute Gasteiger partial charge is 0.344 e. The molecule has 0 bridgehead atoms. The molecule has 3 aromatic rings. The molecular weight excluding hydrogens is 327 g/mol. The topological polar surface area (TPSA) is 81.3 Å². The second-order valence-electron chi connectivity index (χ2n) is 5.35. The van der Waals surface area contributed by atoms with Gasteiger partial charge in [0.1, 0.15) is 11.6 Å². The molecule has 0 aliphatic rings. The van der Waals surface area contributed by atoms with Gasteiger partial charge in [-0.15, -0.1) is 0 Å². The number of halogens is 1. The Balaban J connectivity index is 1.66. The number of H-pyrrole nitrogens is 1. The fraction of sp³-hybridized carbons (Fsp3) is 0.167. The molecule has 128 valence electrons. The number of nitrogens with zero attached hydrogens (tertiary/aromatic N) is 1. The predicted octanol–water partition coefficient (Wildman–Crippen LogP) is 2.75. The molecule has 0 fully saturated rings. The number of aromatic amines is 1. The number of hydrogen-bond acceptors (Lipinski definition) is 5. The lowest BCUT2D eigenvalue weighted by molar-refractivity contribution is -0.151. The molecular formula is C18H15FN2O4. The third-order valence-corrected chi connectivity index (χ3v) is 3.48. The Morgan fingerprint density at radius 1 is 1.24 bits per heavy atom. The number of carbonyl (C=O) groups is 1. The molecule has 0 saturated carbocycles. The van der Waals surface area contributed by atoms with E-state index >= 15 is 0 Å². The Labute approximate surface area is 142 Å². The molecule has 0 saturated heterocycles. The van der Waals surface area contributed by atoms with Crippen LogP contribution in [0.4, 0.5) is 4.39 Å². The molecule has 1 heterocycles. The summed E-state index contributed by atoms with van der Waals surface area (Å²) in [4.78, 5) is 30.8. The average molecular weight is 342 g/mol. The molecule has 0 aliphatic heterocycles. The predicted molar refractivity (Wildman–Crippen MR) is 88.8 cm³/mol. The number of carbonyl (C=O) groups excluding carboxylic acids is 1. The van der Waals surface area contributed by atoms with Crippen LogP contribution < -0.4 is 10.3 Å². The van der Waals surface area contributed by atoms with Gasteiger partial charge in [0.25, 0.3) is 5.56 Å². The van der Waals surface area contributed by atoms with Crippen LogP contribution in [0.5, 0.6) is 5.75 Å². The van der Waals surface area contributed by atoms with Gasteiger partial charge < -0.3 is 14.5 Å². The number of para-hydroxylation sites is 1. The highest BCUT2D eigenvalue weighted by molar-refractivity contribution is 5.77. The van der Waals surface area contributed by atoms with Crippen molar-refractivity contribution in [3.63, 3.8) is 0 Å². The van der Waals surface area contributed by atoms with E-state index in [0.717, 1.165) is 0 Å². The molecule has 1 N–H and O–H groups in total. The molecule has 25 heavy (non-hydrogen) atoms. The Kier molecular flexibility index (Phi) is 4.74. The molecule has 1 atom stereocenters. The van der Waals surface area contributed by atoms with Crippen molar-refractivity contribution in [2.24, 2.45) is 0 Å². The first kappa shape index (κ1) is 16.6. The summed E-state index contributed by atoms with van der Waals surface area (Å²) in [5.74, 6) is -0.658. The summed E-state index contributed by atoms with van der Waals surface area (Å²) in [7, 11) is 0. The van der Waals surface area contributed by atoms with Crippen LogP contribution in [0.2, 0.25) is 0 Å². The van der Waals surface area contributed by atoms with E-state index in [0.29, 0.717) is 10.9 Å². The second kappa shape index (κ2) is 7.12. The van der Waals surface area contributed by atoms with Gasteiger partial charge in [0.05, 0.1) is 10.9 Å². The Bertz CT molecular complexity index is 970. The molecule has 0 aliphatic carbocycles. The van der Waals surface area contributed by atoms with E-state index in [1.54, 1.807) is 31.2 Å². The fourth-order valence-electron chi connectivity index (χ4n) is 2.28. The molecule has 0 amide bonds. The summed E-state index contributed by atoms with van der Waals surface area (Å²) in [5, 5.41) is 0.458. The van der Waals surface area contributed by atoms with Crippen LogP contribution in [0.3, 0.4) is 0 Å². The highest BCUT2D eigenvalue weighted by Gasteiger charge is 2.16. The SMILES string of the molecule is C[C@@H](OC(=O)COc1cccc(F)c1)c1nc2ccccc2c(=O)[nH]1. The van der Waals surface area contributed by atoms with Gasteiger partial charge in [-0.05, 0) is 31.2 Å². The van der Waals surface area contributed by atoms with Crippen LogP contribution >= 0.6 is 0 Å². The Morgan fingerprint density at radius 2 is 2.04 bits per heavy atom. The van der Waals surface area contributed by atoms with Crippen molar-refractivity contribution in [2.45, 2.75) is 13.0 Å². The van der Waals surface area contributed by atoms with Gasteiger partial charge >= 0.3 is 5.97 Å². The van der Waals surface area contributed by atoms with Crippen molar-refractivity contribution < 1.29 is 18.7 Å². The first-order valence-corrected chi connectivity index (χ1v) is 7.60. The minimum absolute atomic E-state index is 0.224. The maximum absolute atomic E-state index is 13.1. The lowest BCUT2D eigenvalue weighted by Crippen LogP contribution is -2.20. The number of aromatic nitrogens is 2. The van der Waals surface area contributed by atoms with Crippen LogP contribution in [0, 0.1) is 5.82 Å². The Morgan fingerprint density at radius 3 is 2.84 bits per heavy atom. The van der Waals surface area contributed by atoms with Gasteiger partial charge in [-0.2, -0.15) is 0 Å². The number of benzene rings is 2. The van der Waals surface area contributed by atoms with E-state index in [1.807, 2.05) is 0 Å². The standard InChI is InChI=1S/C18H15FN2O4/c1-11(17-20-15-8-3-2-7-14(15)18(23)21-17)25-16(22)10-24-13-6-4-5-12(19)9-13/h2-9,11H,10H2,1H3,(H,20,21,23)/t11-/m1/s1. The number of ether oxygens (including phenoxy) is 2. The minimum Gasteiger partial charge on any atom is -0.482 e. The van der Waals surface area contributed by atoms with Crippen molar-refractivity contribution in [1.82, 2.24) is 9.97 Å². The average Bonchev–Trinajstić information content (AvgIpc) is 2.60. The molecule has 1 aromatic heterocycles. The van der Waals surface area contributed by atoms with Crippen LogP contribution in [0.15, 0.2) is 53.3 Å². The highest BCUT2D eigenvalue weighted by Crippen LogP contribution is 2.15. The van der Waals surface area contributed by atoms with Gasteiger partial charge in [0, 0.05) is 6.07 Å². The van der Waals surface area contributed by atoms with Gasteiger partial charge in [0.2, 0.25) is 0 Å². The molecule has 3 rings (SSSR count). The lowest BCUT2D eigenvalue weighted by atomic mass is 10.2. The summed E-state index contributed by atoms with van der Waals surface area (Å²) in [6, 6.07) is 12.3. The van der Waals surface area contributed by atoms with E-state index in [9.17, 15) is 14.0 Å². The van der Waals surface area contributed by atoms with E-state index in [-0.39, 0.29) is 23.7 Å². The molecule has 0 radical (unpaired) electrons. The summed E-state index contributed by atoms with van der Waals surface area (Å²) < 4.78 is 23.4. The number of hydrogen-bond donors (Lipinski definition) is 1. The first-order valence-electron chi connectivity index (χ1n) is 7.60. The van der Waals surface area contributed by atoms with Crippen LogP contribution in [0.25, 0.3) is 10.9 Å². The van der Waals surface area contributed by atoms with E-state index in [2.05, 4.69) is 9.97 Å². The van der Waals surface area contributed by atoms with Crippen LogP contribution in [-0.4, -0.2) is 22.5 Å². The van der Waals surface area contributed by atoms with E-state index in [4.69, 9.17) is 9.47 Å². The summed E-state index contributed by atoms with van der Waals surface area (Å²) in [6.07, 6.45) is -0.763. The van der Waals surface area contributed by atoms with Gasteiger partial charge in [-0.1, -0.05) is 18.2 Å². The zero-order chi connectivity index (χ0) is 17.8. The van der Waals surface area contributed by atoms with Crippen molar-refractivity contribution in [3.05, 3.63) is 70.5 Å². The zero-order valence-electron chi connectivity index (χ0n) is 13.4. The van der Waals surface area contributed by atoms with Gasteiger partial charge in [-0.25, -0.2) is 14.2 Å². The largest absolute Gasteiger partial charge is 0.482 e. The second-order valence-corrected chi connectivity index (χ2v) is 5.35. The minimum atomic E-state index is -0.763. The normalized spacial score (nSPS) is 11.9. The first-order chi connectivity index (χ1) is 12.0. The van der Waals surface area contributed by atoms with Crippen molar-refractivity contribution in [1.29, 1.82) is 0 Å². The number of nitrogens with one attached hydrogen (secondary N) is 1. The zero-order valence-corrected chi connectivity index (χ0v) is 13.4. The quantitative estimate of drug-likeness (QED) is 0.721. The van der Waals surface area contributed by atoms with Crippen LogP contribution in [-0.2, 0) is 9.53 Å². The maximum atomic E-state index is 13.1. The lowest BCUT2D eigenvalue weighted by Gasteiger charge is -2.13. The third kappa shape index (κ3) is 4.00. The molecule has 2 aromatic carbocycles. The van der Waals surface area contributed by atoms with Crippen molar-refractivity contribution >= 4 is 16.9 Å². The summed E-state index contributed by atoms with van der Waals surface area (Å²) >= 11 is 0. The highest BCUT2D eigenvalue weighted by atomic mass is 19.1. The summed E-state index contributed by atoms with van der Waals surface area (Å²) in [5.41, 5.74) is 0.208. The molecule has 7 heteroatoms. The maximum Gasteiger partial charge on any atom is 0.344 e. The van der Waals surface area contributed by atoms with Crippen LogP contribution in [0.1, 0.15) is 18.9 Å². The molecule has 0 unspecified atom stereocenters. The Hall–Kier alpha value is -3.22.